The van der Waals surface area contributed by atoms with Crippen molar-refractivity contribution < 1.29 is 14.3 Å². The minimum Gasteiger partial charge on any atom is -0.494 e. The number of nitrogens with one attached hydrogen (secondary N) is 1. The van der Waals surface area contributed by atoms with Crippen LogP contribution in [0.25, 0.3) is 0 Å². The molecule has 0 radical (unpaired) electrons. The van der Waals surface area contributed by atoms with E-state index in [1.165, 1.54) is 0 Å². The van der Waals surface area contributed by atoms with Crippen LogP contribution in [0, 0.1) is 0 Å². The maximum absolute atomic E-state index is 13.7. The van der Waals surface area contributed by atoms with Crippen LogP contribution in [0.15, 0.2) is 48.5 Å². The summed E-state index contributed by atoms with van der Waals surface area (Å²) in [5.41, 5.74) is 2.37. The van der Waals surface area contributed by atoms with Crippen molar-refractivity contribution in [2.24, 2.45) is 0 Å². The highest BCUT2D eigenvalue weighted by atomic mass is 16.5. The summed E-state index contributed by atoms with van der Waals surface area (Å²) in [7, 11) is 3.98. The first-order valence-electron chi connectivity index (χ1n) is 10.9. The maximum atomic E-state index is 13.7. The molecule has 5 heteroatoms. The van der Waals surface area contributed by atoms with Gasteiger partial charge >= 0.3 is 0 Å². The Bertz CT molecular complexity index is 811. The average Bonchev–Trinajstić information content (AvgIpc) is 2.79. The van der Waals surface area contributed by atoms with Gasteiger partial charge in [0, 0.05) is 18.7 Å². The third-order valence-corrected chi connectivity index (χ3v) is 6.07. The average molecular weight is 411 g/mol. The fraction of sp³-hybridized carbons (Fsp3) is 0.480. The normalized spacial score (nSPS) is 18.8. The second kappa shape index (κ2) is 10.2. The van der Waals surface area contributed by atoms with Gasteiger partial charge in [0.1, 0.15) is 5.75 Å². The van der Waals surface area contributed by atoms with Crippen molar-refractivity contribution in [3.63, 3.8) is 0 Å². The summed E-state index contributed by atoms with van der Waals surface area (Å²) in [6, 6.07) is 16.0. The molecule has 5 nitrogen and oxygen atoms in total. The summed E-state index contributed by atoms with van der Waals surface area (Å²) in [5.74, 6) is 1.01. The van der Waals surface area contributed by atoms with Crippen LogP contribution in [0.2, 0.25) is 0 Å². The van der Waals surface area contributed by atoms with Crippen molar-refractivity contribution in [2.75, 3.05) is 40.4 Å². The summed E-state index contributed by atoms with van der Waals surface area (Å²) in [4.78, 5) is 15.8. The lowest BCUT2D eigenvalue weighted by Crippen LogP contribution is -2.52. The number of benzene rings is 2. The number of carbonyl (C=O) groups is 1. The fourth-order valence-corrected chi connectivity index (χ4v) is 4.15. The molecule has 0 aromatic heterocycles. The number of likely N-dealkylation sites (N-methyl/N-ethyl adjacent to an activating group) is 1. The van der Waals surface area contributed by atoms with Crippen molar-refractivity contribution >= 4 is 5.78 Å². The second-order valence-electron chi connectivity index (χ2n) is 8.05. The molecular formula is C25H34N2O3. The van der Waals surface area contributed by atoms with Gasteiger partial charge in [-0.1, -0.05) is 43.3 Å². The van der Waals surface area contributed by atoms with E-state index in [1.807, 2.05) is 57.4 Å². The maximum Gasteiger partial charge on any atom is 0.183 e. The van der Waals surface area contributed by atoms with Gasteiger partial charge < -0.3 is 14.8 Å². The lowest BCUT2D eigenvalue weighted by molar-refractivity contribution is 0.0277. The lowest BCUT2D eigenvalue weighted by Gasteiger charge is -2.38. The highest BCUT2D eigenvalue weighted by Crippen LogP contribution is 2.29. The van der Waals surface area contributed by atoms with E-state index < -0.39 is 5.54 Å². The van der Waals surface area contributed by atoms with E-state index in [4.69, 9.17) is 9.47 Å². The van der Waals surface area contributed by atoms with Crippen molar-refractivity contribution in [3.05, 3.63) is 65.2 Å². The largest absolute Gasteiger partial charge is 0.494 e. The number of ketones is 1. The Labute approximate surface area is 180 Å². The summed E-state index contributed by atoms with van der Waals surface area (Å²) >= 11 is 0. The monoisotopic (exact) mass is 410 g/mol. The molecule has 162 valence electrons. The first-order valence-corrected chi connectivity index (χ1v) is 10.9. The third kappa shape index (κ3) is 4.91. The molecule has 0 aliphatic carbocycles. The van der Waals surface area contributed by atoms with Gasteiger partial charge in [0.05, 0.1) is 24.9 Å². The number of nitrogens with zero attached hydrogens (tertiary/aromatic N) is 1. The van der Waals surface area contributed by atoms with Gasteiger partial charge in [0.15, 0.2) is 5.78 Å². The molecule has 2 aromatic rings. The Morgan fingerprint density at radius 2 is 1.83 bits per heavy atom. The molecule has 0 bridgehead atoms. The molecule has 30 heavy (non-hydrogen) atoms. The fourth-order valence-electron chi connectivity index (χ4n) is 4.15. The van der Waals surface area contributed by atoms with Crippen LogP contribution in [0.5, 0.6) is 5.75 Å². The van der Waals surface area contributed by atoms with Crippen LogP contribution in [0.1, 0.15) is 47.9 Å². The van der Waals surface area contributed by atoms with E-state index in [9.17, 15) is 4.79 Å². The summed E-state index contributed by atoms with van der Waals surface area (Å²) in [5, 5.41) is 3.35. The van der Waals surface area contributed by atoms with Gasteiger partial charge in [-0.2, -0.15) is 0 Å². The first kappa shape index (κ1) is 22.5. The Hall–Kier alpha value is -2.21. The molecule has 1 aliphatic heterocycles. The van der Waals surface area contributed by atoms with Crippen molar-refractivity contribution in [2.45, 2.75) is 38.3 Å². The number of ether oxygens (including phenoxy) is 2. The Morgan fingerprint density at radius 3 is 2.37 bits per heavy atom. The van der Waals surface area contributed by atoms with E-state index in [-0.39, 0.29) is 11.9 Å². The Balaban J connectivity index is 1.82. The number of rotatable bonds is 9. The number of morpholine rings is 1. The Kier molecular flexibility index (Phi) is 7.64. The van der Waals surface area contributed by atoms with Crippen LogP contribution in [0.4, 0.5) is 0 Å². The molecule has 1 N–H and O–H groups in total. The molecule has 2 unspecified atom stereocenters. The number of hydrogen-bond acceptors (Lipinski definition) is 5. The highest BCUT2D eigenvalue weighted by Gasteiger charge is 2.39. The smallest absolute Gasteiger partial charge is 0.183 e. The van der Waals surface area contributed by atoms with E-state index in [1.54, 1.807) is 0 Å². The van der Waals surface area contributed by atoms with Gasteiger partial charge in [-0.15, -0.1) is 0 Å². The molecule has 1 saturated heterocycles. The number of carbonyl (C=O) groups excluding carboxylic acids is 1. The van der Waals surface area contributed by atoms with Crippen molar-refractivity contribution in [1.82, 2.24) is 10.2 Å². The summed E-state index contributed by atoms with van der Waals surface area (Å²) < 4.78 is 11.4. The number of hydrogen-bond donors (Lipinski definition) is 1. The van der Waals surface area contributed by atoms with Gasteiger partial charge in [-0.05, 0) is 57.1 Å². The van der Waals surface area contributed by atoms with E-state index in [0.717, 1.165) is 42.0 Å². The van der Waals surface area contributed by atoms with Gasteiger partial charge in [-0.25, -0.2) is 0 Å². The van der Waals surface area contributed by atoms with E-state index in [2.05, 4.69) is 29.3 Å². The molecule has 0 amide bonds. The van der Waals surface area contributed by atoms with E-state index >= 15 is 0 Å². The van der Waals surface area contributed by atoms with Crippen molar-refractivity contribution in [1.29, 1.82) is 0 Å². The highest BCUT2D eigenvalue weighted by molar-refractivity contribution is 6.03. The van der Waals surface area contributed by atoms with Crippen LogP contribution >= 0.6 is 0 Å². The second-order valence-corrected chi connectivity index (χ2v) is 8.05. The first-order chi connectivity index (χ1) is 14.5. The molecule has 2 aromatic carbocycles. The van der Waals surface area contributed by atoms with Crippen molar-refractivity contribution in [3.8, 4) is 5.75 Å². The zero-order valence-corrected chi connectivity index (χ0v) is 18.6. The van der Waals surface area contributed by atoms with Gasteiger partial charge in [-0.3, -0.25) is 9.69 Å². The molecule has 0 spiro atoms. The van der Waals surface area contributed by atoms with Gasteiger partial charge in [0.25, 0.3) is 0 Å². The zero-order valence-electron chi connectivity index (χ0n) is 18.6. The number of Topliss-reactive ketones (excluding diaryl/α,β-unsaturated/α-hetero) is 1. The molecule has 3 rings (SSSR count). The lowest BCUT2D eigenvalue weighted by atomic mass is 9.80. The van der Waals surface area contributed by atoms with Crippen LogP contribution in [-0.4, -0.2) is 56.6 Å². The van der Waals surface area contributed by atoms with Crippen LogP contribution in [0.3, 0.4) is 0 Å². The molecule has 1 aliphatic rings. The predicted octanol–water partition coefficient (Wildman–Crippen LogP) is 3.88. The predicted molar refractivity (Wildman–Crippen MR) is 120 cm³/mol. The quantitative estimate of drug-likeness (QED) is 0.636. The molecule has 2 atom stereocenters. The standard InChI is InChI=1S/C25H34N2O3/c1-5-25(27(3)4,17-19-7-13-22(14-8-19)29-6-2)24(28)21-11-9-20(10-12-21)23-18-26-15-16-30-23/h7-14,23,26H,5-6,15-18H2,1-4H3. The SMILES string of the molecule is CCOc1ccc(CC(CC)(C(=O)c2ccc(C3CNCCO3)cc2)N(C)C)cc1. The minimum absolute atomic E-state index is 0.0523. The van der Waals surface area contributed by atoms with Crippen LogP contribution < -0.4 is 10.1 Å². The summed E-state index contributed by atoms with van der Waals surface area (Å²) in [6.07, 6.45) is 1.43. The summed E-state index contributed by atoms with van der Waals surface area (Å²) in [6.45, 7) is 7.12. The Morgan fingerprint density at radius 1 is 1.13 bits per heavy atom. The van der Waals surface area contributed by atoms with Gasteiger partial charge in [0.2, 0.25) is 0 Å². The van der Waals surface area contributed by atoms with Crippen LogP contribution in [-0.2, 0) is 11.2 Å². The van der Waals surface area contributed by atoms with E-state index in [0.29, 0.717) is 19.6 Å². The molecular weight excluding hydrogens is 376 g/mol. The zero-order chi connectivity index (χ0) is 21.6. The molecule has 1 fully saturated rings. The minimum atomic E-state index is -0.600. The topological polar surface area (TPSA) is 50.8 Å². The molecule has 0 saturated carbocycles. The third-order valence-electron chi connectivity index (χ3n) is 6.07. The molecule has 1 heterocycles.